The summed E-state index contributed by atoms with van der Waals surface area (Å²) in [5, 5.41) is 9.53. The number of halogens is 1. The van der Waals surface area contributed by atoms with Crippen LogP contribution in [0.5, 0.6) is 11.5 Å². The second-order valence-electron chi connectivity index (χ2n) is 6.78. The van der Waals surface area contributed by atoms with Crippen molar-refractivity contribution in [1.29, 1.82) is 0 Å². The van der Waals surface area contributed by atoms with Gasteiger partial charge >= 0.3 is 0 Å². The molecule has 0 bridgehead atoms. The summed E-state index contributed by atoms with van der Waals surface area (Å²) >= 11 is 6.48. The van der Waals surface area contributed by atoms with Crippen molar-refractivity contribution in [3.05, 3.63) is 58.9 Å². The average Bonchev–Trinajstić information content (AvgIpc) is 3.04. The molecule has 2 aromatic carbocycles. The van der Waals surface area contributed by atoms with Crippen LogP contribution in [-0.4, -0.2) is 47.0 Å². The molecule has 0 N–H and O–H groups in total. The zero-order valence-corrected chi connectivity index (χ0v) is 16.8. The van der Waals surface area contributed by atoms with E-state index in [2.05, 4.69) is 31.8 Å². The highest BCUT2D eigenvalue weighted by Crippen LogP contribution is 2.34. The number of nitrogens with zero attached hydrogens (tertiary/aromatic N) is 4. The molecule has 1 aliphatic heterocycles. The standard InChI is InChI=1S/C21H23ClN4O2/c1-27-18-12-16(17(22)13-19(18)28-2)14-25-9-8-20-23-24-21(26(20)11-10-25)15-6-4-3-5-7-15/h3-7,12-13H,8-11,14H2,1-2H3. The minimum atomic E-state index is 0.644. The van der Waals surface area contributed by atoms with Gasteiger partial charge in [0.1, 0.15) is 5.82 Å². The van der Waals surface area contributed by atoms with Gasteiger partial charge in [0, 0.05) is 49.3 Å². The highest BCUT2D eigenvalue weighted by molar-refractivity contribution is 6.31. The molecule has 0 radical (unpaired) electrons. The molecule has 0 saturated carbocycles. The van der Waals surface area contributed by atoms with Crippen molar-refractivity contribution >= 4 is 11.6 Å². The Balaban J connectivity index is 1.52. The van der Waals surface area contributed by atoms with Crippen molar-refractivity contribution in [1.82, 2.24) is 19.7 Å². The van der Waals surface area contributed by atoms with Gasteiger partial charge in [-0.3, -0.25) is 4.90 Å². The first-order valence-corrected chi connectivity index (χ1v) is 9.67. The van der Waals surface area contributed by atoms with Crippen LogP contribution < -0.4 is 9.47 Å². The minimum Gasteiger partial charge on any atom is -0.493 e. The third-order valence-electron chi connectivity index (χ3n) is 5.10. The lowest BCUT2D eigenvalue weighted by Gasteiger charge is -2.21. The number of ether oxygens (including phenoxy) is 2. The van der Waals surface area contributed by atoms with Crippen LogP contribution in [0, 0.1) is 0 Å². The maximum absolute atomic E-state index is 6.48. The van der Waals surface area contributed by atoms with E-state index in [1.165, 1.54) is 0 Å². The molecule has 4 rings (SSSR count). The normalized spacial score (nSPS) is 14.4. The molecule has 0 amide bonds. The van der Waals surface area contributed by atoms with Gasteiger partial charge < -0.3 is 14.0 Å². The summed E-state index contributed by atoms with van der Waals surface area (Å²) in [5.74, 6) is 3.30. The predicted molar refractivity (Wildman–Crippen MR) is 109 cm³/mol. The first kappa shape index (κ1) is 18.8. The van der Waals surface area contributed by atoms with Gasteiger partial charge in [-0.05, 0) is 11.6 Å². The van der Waals surface area contributed by atoms with Gasteiger partial charge in [0.15, 0.2) is 17.3 Å². The quantitative estimate of drug-likeness (QED) is 0.656. The van der Waals surface area contributed by atoms with Crippen LogP contribution in [0.2, 0.25) is 5.02 Å². The Morgan fingerprint density at radius 2 is 1.71 bits per heavy atom. The lowest BCUT2D eigenvalue weighted by atomic mass is 10.1. The average molecular weight is 399 g/mol. The Morgan fingerprint density at radius 3 is 2.46 bits per heavy atom. The Kier molecular flexibility index (Phi) is 5.50. The minimum absolute atomic E-state index is 0.644. The van der Waals surface area contributed by atoms with Crippen molar-refractivity contribution < 1.29 is 9.47 Å². The van der Waals surface area contributed by atoms with E-state index >= 15 is 0 Å². The van der Waals surface area contributed by atoms with E-state index in [4.69, 9.17) is 21.1 Å². The van der Waals surface area contributed by atoms with Gasteiger partial charge in [-0.1, -0.05) is 41.9 Å². The molecule has 0 fully saturated rings. The molecule has 1 aliphatic rings. The summed E-state index contributed by atoms with van der Waals surface area (Å²) in [6, 6.07) is 14.0. The lowest BCUT2D eigenvalue weighted by molar-refractivity contribution is 0.270. The number of hydrogen-bond donors (Lipinski definition) is 0. The molecule has 1 aromatic heterocycles. The Labute approximate surface area is 169 Å². The highest BCUT2D eigenvalue weighted by Gasteiger charge is 2.20. The second kappa shape index (κ2) is 8.20. The molecule has 3 aromatic rings. The van der Waals surface area contributed by atoms with E-state index in [1.54, 1.807) is 14.2 Å². The second-order valence-corrected chi connectivity index (χ2v) is 7.19. The fourth-order valence-corrected chi connectivity index (χ4v) is 3.80. The van der Waals surface area contributed by atoms with Gasteiger partial charge in [0.25, 0.3) is 0 Å². The fraction of sp³-hybridized carbons (Fsp3) is 0.333. The zero-order chi connectivity index (χ0) is 19.5. The van der Waals surface area contributed by atoms with Crippen LogP contribution >= 0.6 is 11.6 Å². The Hall–Kier alpha value is -2.57. The third-order valence-corrected chi connectivity index (χ3v) is 5.45. The maximum atomic E-state index is 6.48. The maximum Gasteiger partial charge on any atom is 0.164 e. The molecule has 0 unspecified atom stereocenters. The number of rotatable bonds is 5. The van der Waals surface area contributed by atoms with E-state index in [1.807, 2.05) is 30.3 Å². The van der Waals surface area contributed by atoms with Crippen LogP contribution in [0.15, 0.2) is 42.5 Å². The van der Waals surface area contributed by atoms with Gasteiger partial charge in [-0.2, -0.15) is 0 Å². The number of methoxy groups -OCH3 is 2. The predicted octanol–water partition coefficient (Wildman–Crippen LogP) is 3.67. The number of fused-ring (bicyclic) bond motifs is 1. The third kappa shape index (κ3) is 3.70. The largest absolute Gasteiger partial charge is 0.493 e. The zero-order valence-electron chi connectivity index (χ0n) is 16.1. The molecule has 28 heavy (non-hydrogen) atoms. The van der Waals surface area contributed by atoms with Crippen molar-refractivity contribution in [2.75, 3.05) is 27.3 Å². The van der Waals surface area contributed by atoms with Crippen molar-refractivity contribution in [2.45, 2.75) is 19.5 Å². The summed E-state index contributed by atoms with van der Waals surface area (Å²) in [6.45, 7) is 3.39. The molecule has 7 heteroatoms. The fourth-order valence-electron chi connectivity index (χ4n) is 3.58. The van der Waals surface area contributed by atoms with Gasteiger partial charge in [0.05, 0.1) is 14.2 Å². The molecular weight excluding hydrogens is 376 g/mol. The summed E-state index contributed by atoms with van der Waals surface area (Å²) in [5.41, 5.74) is 2.12. The molecule has 0 aliphatic carbocycles. The van der Waals surface area contributed by atoms with Crippen molar-refractivity contribution in [3.63, 3.8) is 0 Å². The van der Waals surface area contributed by atoms with Gasteiger partial charge in [-0.25, -0.2) is 0 Å². The molecule has 146 valence electrons. The molecule has 0 atom stereocenters. The summed E-state index contributed by atoms with van der Waals surface area (Å²) in [4.78, 5) is 2.39. The van der Waals surface area contributed by atoms with E-state index in [-0.39, 0.29) is 0 Å². The molecule has 6 nitrogen and oxygen atoms in total. The molecular formula is C21H23ClN4O2. The topological polar surface area (TPSA) is 52.4 Å². The van der Waals surface area contributed by atoms with Gasteiger partial charge in [0.2, 0.25) is 0 Å². The number of aromatic nitrogens is 3. The van der Waals surface area contributed by atoms with E-state index in [9.17, 15) is 0 Å². The first-order chi connectivity index (χ1) is 13.7. The Morgan fingerprint density at radius 1 is 0.964 bits per heavy atom. The number of benzene rings is 2. The Bertz CT molecular complexity index is 959. The van der Waals surface area contributed by atoms with Crippen LogP contribution in [0.3, 0.4) is 0 Å². The summed E-state index contributed by atoms with van der Waals surface area (Å²) in [6.07, 6.45) is 0.852. The van der Waals surface area contributed by atoms with E-state index in [0.717, 1.165) is 55.4 Å². The number of hydrogen-bond acceptors (Lipinski definition) is 5. The molecule has 0 spiro atoms. The smallest absolute Gasteiger partial charge is 0.164 e. The van der Waals surface area contributed by atoms with E-state index < -0.39 is 0 Å². The van der Waals surface area contributed by atoms with Gasteiger partial charge in [-0.15, -0.1) is 10.2 Å². The summed E-state index contributed by atoms with van der Waals surface area (Å²) < 4.78 is 13.0. The van der Waals surface area contributed by atoms with Crippen molar-refractivity contribution in [2.24, 2.45) is 0 Å². The molecule has 2 heterocycles. The van der Waals surface area contributed by atoms with Crippen LogP contribution in [-0.2, 0) is 19.5 Å². The van der Waals surface area contributed by atoms with Crippen LogP contribution in [0.1, 0.15) is 11.4 Å². The van der Waals surface area contributed by atoms with Crippen molar-refractivity contribution in [3.8, 4) is 22.9 Å². The highest BCUT2D eigenvalue weighted by atomic mass is 35.5. The lowest BCUT2D eigenvalue weighted by Crippen LogP contribution is -2.26. The van der Waals surface area contributed by atoms with E-state index in [0.29, 0.717) is 16.5 Å². The SMILES string of the molecule is COc1cc(Cl)c(CN2CCc3nnc(-c4ccccc4)n3CC2)cc1OC. The van der Waals surface area contributed by atoms with Crippen LogP contribution in [0.4, 0.5) is 0 Å². The van der Waals surface area contributed by atoms with Crippen LogP contribution in [0.25, 0.3) is 11.4 Å². The molecule has 0 saturated heterocycles. The summed E-state index contributed by atoms with van der Waals surface area (Å²) in [7, 11) is 3.25. The first-order valence-electron chi connectivity index (χ1n) is 9.30. The monoisotopic (exact) mass is 398 g/mol.